The van der Waals surface area contributed by atoms with Crippen LogP contribution in [0.4, 0.5) is 10.1 Å². The summed E-state index contributed by atoms with van der Waals surface area (Å²) >= 11 is 0. The molecule has 104 valence electrons. The number of anilines is 1. The van der Waals surface area contributed by atoms with Crippen molar-refractivity contribution in [3.05, 3.63) is 30.1 Å². The van der Waals surface area contributed by atoms with E-state index in [1.165, 1.54) is 29.9 Å². The van der Waals surface area contributed by atoms with Gasteiger partial charge in [0.2, 0.25) is 0 Å². The first-order valence-electron chi connectivity index (χ1n) is 6.97. The molecule has 0 saturated carbocycles. The lowest BCUT2D eigenvalue weighted by atomic mass is 9.99. The van der Waals surface area contributed by atoms with Gasteiger partial charge in [-0.25, -0.2) is 4.39 Å². The molecule has 1 aliphatic rings. The van der Waals surface area contributed by atoms with Crippen LogP contribution in [0.5, 0.6) is 0 Å². The molecule has 0 aromatic heterocycles. The van der Waals surface area contributed by atoms with Crippen molar-refractivity contribution in [2.24, 2.45) is 5.92 Å². The molecule has 0 bridgehead atoms. The fraction of sp³-hybridized carbons (Fsp3) is 0.533. The van der Waals surface area contributed by atoms with Gasteiger partial charge in [-0.05, 0) is 44.0 Å². The van der Waals surface area contributed by atoms with E-state index >= 15 is 0 Å². The molecular weight excluding hydrogens is 243 g/mol. The fourth-order valence-corrected chi connectivity index (χ4v) is 2.69. The van der Waals surface area contributed by atoms with Crippen LogP contribution in [0.25, 0.3) is 0 Å². The molecule has 0 spiro atoms. The van der Waals surface area contributed by atoms with E-state index in [9.17, 15) is 9.18 Å². The topological polar surface area (TPSA) is 33.5 Å². The average Bonchev–Trinajstić information content (AvgIpc) is 2.40. The quantitative estimate of drug-likeness (QED) is 0.852. The van der Waals surface area contributed by atoms with Gasteiger partial charge in [0.1, 0.15) is 5.82 Å². The zero-order chi connectivity index (χ0) is 13.8. The average molecular weight is 265 g/mol. The van der Waals surface area contributed by atoms with Crippen LogP contribution in [0.15, 0.2) is 24.3 Å². The molecule has 1 amide bonds. The van der Waals surface area contributed by atoms with Crippen LogP contribution in [-0.2, 0) is 4.79 Å². The molecule has 3 atom stereocenters. The maximum Gasteiger partial charge on any atom is 0.282 e. The molecule has 1 aliphatic heterocycles. The fourth-order valence-electron chi connectivity index (χ4n) is 2.69. The summed E-state index contributed by atoms with van der Waals surface area (Å²) in [6, 6.07) is 5.84. The highest BCUT2D eigenvalue weighted by atomic mass is 19.1. The molecular formula is C15H22FN2O+. The number of nitrogens with one attached hydrogen (secondary N) is 2. The number of likely N-dealkylation sites (tertiary alicyclic amines) is 1. The van der Waals surface area contributed by atoms with Crippen molar-refractivity contribution in [1.29, 1.82) is 0 Å². The molecule has 2 rings (SSSR count). The Labute approximate surface area is 113 Å². The molecule has 1 saturated heterocycles. The van der Waals surface area contributed by atoms with Crippen molar-refractivity contribution in [3.63, 3.8) is 0 Å². The van der Waals surface area contributed by atoms with Crippen molar-refractivity contribution >= 4 is 11.6 Å². The Balaban J connectivity index is 1.93. The summed E-state index contributed by atoms with van der Waals surface area (Å²) in [5, 5.41) is 2.85. The number of benzene rings is 1. The summed E-state index contributed by atoms with van der Waals surface area (Å²) in [5.74, 6) is 0.405. The molecule has 0 aliphatic carbocycles. The van der Waals surface area contributed by atoms with Gasteiger partial charge in [-0.1, -0.05) is 6.92 Å². The highest BCUT2D eigenvalue weighted by Gasteiger charge is 2.29. The smallest absolute Gasteiger partial charge is 0.282 e. The molecule has 1 aromatic rings. The first-order chi connectivity index (χ1) is 9.06. The normalized spacial score (nSPS) is 24.8. The van der Waals surface area contributed by atoms with E-state index < -0.39 is 0 Å². The van der Waals surface area contributed by atoms with Crippen molar-refractivity contribution < 1.29 is 14.1 Å². The lowest BCUT2D eigenvalue weighted by Gasteiger charge is -2.31. The second-order valence-electron chi connectivity index (χ2n) is 5.58. The molecule has 1 fully saturated rings. The minimum absolute atomic E-state index is 0.00991. The third kappa shape index (κ3) is 3.77. The van der Waals surface area contributed by atoms with Crippen LogP contribution in [0.1, 0.15) is 26.7 Å². The number of amides is 1. The summed E-state index contributed by atoms with van der Waals surface area (Å²) in [6.45, 7) is 6.32. The predicted molar refractivity (Wildman–Crippen MR) is 73.6 cm³/mol. The van der Waals surface area contributed by atoms with E-state index in [0.29, 0.717) is 11.6 Å². The summed E-state index contributed by atoms with van der Waals surface area (Å²) in [6.07, 6.45) is 2.44. The van der Waals surface area contributed by atoms with E-state index in [-0.39, 0.29) is 17.8 Å². The highest BCUT2D eigenvalue weighted by Crippen LogP contribution is 2.09. The first kappa shape index (κ1) is 14.0. The van der Waals surface area contributed by atoms with Crippen LogP contribution < -0.4 is 10.2 Å². The minimum Gasteiger partial charge on any atom is -0.325 e. The Bertz CT molecular complexity index is 432. The van der Waals surface area contributed by atoms with Gasteiger partial charge in [-0.2, -0.15) is 0 Å². The van der Waals surface area contributed by atoms with Gasteiger partial charge in [-0.3, -0.25) is 4.79 Å². The second-order valence-corrected chi connectivity index (χ2v) is 5.58. The van der Waals surface area contributed by atoms with Gasteiger partial charge in [0.15, 0.2) is 6.04 Å². The van der Waals surface area contributed by atoms with E-state index in [4.69, 9.17) is 0 Å². The van der Waals surface area contributed by atoms with Crippen LogP contribution in [0.3, 0.4) is 0 Å². The number of halogens is 1. The highest BCUT2D eigenvalue weighted by molar-refractivity contribution is 5.93. The van der Waals surface area contributed by atoms with Crippen LogP contribution >= 0.6 is 0 Å². The Morgan fingerprint density at radius 1 is 1.42 bits per heavy atom. The molecule has 4 heteroatoms. The summed E-state index contributed by atoms with van der Waals surface area (Å²) < 4.78 is 12.8. The zero-order valence-corrected chi connectivity index (χ0v) is 11.6. The Kier molecular flexibility index (Phi) is 4.53. The maximum absolute atomic E-state index is 12.8. The minimum atomic E-state index is -0.290. The summed E-state index contributed by atoms with van der Waals surface area (Å²) in [5.41, 5.74) is 0.655. The van der Waals surface area contributed by atoms with Gasteiger partial charge in [0, 0.05) is 11.6 Å². The Morgan fingerprint density at radius 2 is 2.11 bits per heavy atom. The van der Waals surface area contributed by atoms with Crippen molar-refractivity contribution in [1.82, 2.24) is 0 Å². The van der Waals surface area contributed by atoms with Gasteiger partial charge in [0.25, 0.3) is 5.91 Å². The van der Waals surface area contributed by atoms with E-state index in [2.05, 4.69) is 12.2 Å². The first-order valence-corrected chi connectivity index (χ1v) is 6.97. The lowest BCUT2D eigenvalue weighted by molar-refractivity contribution is -0.922. The number of hydrogen-bond donors (Lipinski definition) is 2. The SMILES string of the molecule is C[C@H]1CCC[NH+]([C@@H](C)C(=O)Nc2ccc(F)cc2)C1. The second kappa shape index (κ2) is 6.15. The molecule has 19 heavy (non-hydrogen) atoms. The van der Waals surface area contributed by atoms with E-state index in [1.807, 2.05) is 6.92 Å². The number of carbonyl (C=O) groups is 1. The standard InChI is InChI=1S/C15H21FN2O/c1-11-4-3-9-18(10-11)12(2)15(19)17-14-7-5-13(16)6-8-14/h5-8,11-12H,3-4,9-10H2,1-2H3,(H,17,19)/p+1/t11-,12-/m0/s1. The summed E-state index contributed by atoms with van der Waals surface area (Å²) in [4.78, 5) is 13.5. The van der Waals surface area contributed by atoms with Crippen LogP contribution in [0.2, 0.25) is 0 Å². The summed E-state index contributed by atoms with van der Waals surface area (Å²) in [7, 11) is 0. The molecule has 1 heterocycles. The third-order valence-corrected chi connectivity index (χ3v) is 3.92. The number of carbonyl (C=O) groups excluding carboxylic acids is 1. The Hall–Kier alpha value is -1.42. The van der Waals surface area contributed by atoms with Crippen molar-refractivity contribution in [2.75, 3.05) is 18.4 Å². The van der Waals surface area contributed by atoms with Crippen LogP contribution in [-0.4, -0.2) is 25.0 Å². The third-order valence-electron chi connectivity index (χ3n) is 3.92. The maximum atomic E-state index is 12.8. The molecule has 3 nitrogen and oxygen atoms in total. The molecule has 1 unspecified atom stereocenters. The number of hydrogen-bond acceptors (Lipinski definition) is 1. The van der Waals surface area contributed by atoms with Crippen molar-refractivity contribution in [2.45, 2.75) is 32.7 Å². The van der Waals surface area contributed by atoms with Gasteiger partial charge in [0.05, 0.1) is 13.1 Å². The Morgan fingerprint density at radius 3 is 2.74 bits per heavy atom. The number of quaternary nitrogens is 1. The van der Waals surface area contributed by atoms with Crippen molar-refractivity contribution in [3.8, 4) is 0 Å². The van der Waals surface area contributed by atoms with Gasteiger partial charge >= 0.3 is 0 Å². The van der Waals surface area contributed by atoms with E-state index in [1.54, 1.807) is 12.1 Å². The molecule has 1 aromatic carbocycles. The molecule has 2 N–H and O–H groups in total. The number of piperidine rings is 1. The largest absolute Gasteiger partial charge is 0.325 e. The lowest BCUT2D eigenvalue weighted by Crippen LogP contribution is -3.17. The van der Waals surface area contributed by atoms with E-state index in [0.717, 1.165) is 13.1 Å². The predicted octanol–water partition coefficient (Wildman–Crippen LogP) is 1.47. The van der Waals surface area contributed by atoms with Crippen LogP contribution in [0, 0.1) is 11.7 Å². The number of rotatable bonds is 3. The van der Waals surface area contributed by atoms with Gasteiger partial charge in [-0.15, -0.1) is 0 Å². The van der Waals surface area contributed by atoms with Gasteiger partial charge < -0.3 is 10.2 Å². The molecule has 0 radical (unpaired) electrons. The zero-order valence-electron chi connectivity index (χ0n) is 11.6. The monoisotopic (exact) mass is 265 g/mol.